The molecule has 0 aliphatic carbocycles. The van der Waals surface area contributed by atoms with Crippen LogP contribution >= 0.6 is 0 Å². The maximum absolute atomic E-state index is 13.2. The van der Waals surface area contributed by atoms with Crippen molar-refractivity contribution in [2.45, 2.75) is 32.2 Å². The number of nitrogens with one attached hydrogen (secondary N) is 1. The number of rotatable bonds is 5. The molecule has 1 fully saturated rings. The Bertz CT molecular complexity index is 956. The van der Waals surface area contributed by atoms with Gasteiger partial charge in [0.05, 0.1) is 36.0 Å². The Morgan fingerprint density at radius 2 is 1.57 bits per heavy atom. The number of piperazine rings is 1. The number of aryl methyl sites for hydroxylation is 3. The van der Waals surface area contributed by atoms with Gasteiger partial charge in [-0.25, -0.2) is 8.42 Å². The summed E-state index contributed by atoms with van der Waals surface area (Å²) in [6, 6.07) is 10.4. The minimum atomic E-state index is -3.51. The zero-order valence-electron chi connectivity index (χ0n) is 16.4. The van der Waals surface area contributed by atoms with E-state index >= 15 is 0 Å². The number of nitro benzene ring substituents is 1. The van der Waals surface area contributed by atoms with Crippen LogP contribution in [0.2, 0.25) is 0 Å². The lowest BCUT2D eigenvalue weighted by Crippen LogP contribution is -3.13. The molecule has 2 aromatic rings. The molecule has 3 rings (SSSR count). The Morgan fingerprint density at radius 3 is 2.07 bits per heavy atom. The van der Waals surface area contributed by atoms with Crippen LogP contribution in [0.15, 0.2) is 41.3 Å². The van der Waals surface area contributed by atoms with E-state index in [1.54, 1.807) is 16.4 Å². The SMILES string of the molecule is Cc1cc(C)c(S(=O)(=O)N2CC[NH+](Cc3ccc([N+](=O)[O-])cc3)CC2)c(C)c1. The van der Waals surface area contributed by atoms with Gasteiger partial charge >= 0.3 is 0 Å². The molecule has 1 N–H and O–H groups in total. The van der Waals surface area contributed by atoms with Crippen LogP contribution in [0.3, 0.4) is 0 Å². The normalized spacial score (nSPS) is 16.2. The molecule has 0 aromatic heterocycles. The highest BCUT2D eigenvalue weighted by molar-refractivity contribution is 7.89. The standard InChI is InChI=1S/C20H25N3O4S/c1-15-12-16(2)20(17(3)13-15)28(26,27)22-10-8-21(9-11-22)14-18-4-6-19(7-5-18)23(24)25/h4-7,12-13H,8-11,14H2,1-3H3/p+1. The third-order valence-corrected chi connectivity index (χ3v) is 7.44. The summed E-state index contributed by atoms with van der Waals surface area (Å²) < 4.78 is 27.9. The van der Waals surface area contributed by atoms with Crippen LogP contribution in [0.5, 0.6) is 0 Å². The molecular weight excluding hydrogens is 378 g/mol. The molecule has 0 amide bonds. The Morgan fingerprint density at radius 1 is 1.04 bits per heavy atom. The number of nitro groups is 1. The Balaban J connectivity index is 1.67. The van der Waals surface area contributed by atoms with E-state index in [0.29, 0.717) is 31.1 Å². The van der Waals surface area contributed by atoms with E-state index in [1.807, 2.05) is 32.9 Å². The quantitative estimate of drug-likeness (QED) is 0.606. The third kappa shape index (κ3) is 4.24. The molecule has 1 saturated heterocycles. The van der Waals surface area contributed by atoms with E-state index in [2.05, 4.69) is 0 Å². The number of nitrogens with zero attached hydrogens (tertiary/aromatic N) is 2. The number of benzene rings is 2. The summed E-state index contributed by atoms with van der Waals surface area (Å²) in [5.74, 6) is 0. The monoisotopic (exact) mass is 404 g/mol. The minimum Gasteiger partial charge on any atom is -0.329 e. The molecule has 0 radical (unpaired) electrons. The van der Waals surface area contributed by atoms with Crippen molar-refractivity contribution >= 4 is 15.7 Å². The molecule has 28 heavy (non-hydrogen) atoms. The highest BCUT2D eigenvalue weighted by Crippen LogP contribution is 2.25. The van der Waals surface area contributed by atoms with Crippen LogP contribution < -0.4 is 4.90 Å². The van der Waals surface area contributed by atoms with E-state index in [4.69, 9.17) is 0 Å². The van der Waals surface area contributed by atoms with E-state index in [9.17, 15) is 18.5 Å². The number of hydrogen-bond acceptors (Lipinski definition) is 4. The van der Waals surface area contributed by atoms with Gasteiger partial charge in [-0.15, -0.1) is 0 Å². The summed E-state index contributed by atoms with van der Waals surface area (Å²) in [4.78, 5) is 12.0. The van der Waals surface area contributed by atoms with Crippen molar-refractivity contribution in [2.24, 2.45) is 0 Å². The molecule has 7 nitrogen and oxygen atoms in total. The zero-order valence-corrected chi connectivity index (χ0v) is 17.3. The summed E-state index contributed by atoms with van der Waals surface area (Å²) in [6.45, 7) is 8.76. The lowest BCUT2D eigenvalue weighted by Gasteiger charge is -2.32. The first-order valence-corrected chi connectivity index (χ1v) is 10.8. The molecule has 1 aliphatic heterocycles. The predicted octanol–water partition coefficient (Wildman–Crippen LogP) is 1.61. The van der Waals surface area contributed by atoms with Gasteiger partial charge in [0.2, 0.25) is 10.0 Å². The largest absolute Gasteiger partial charge is 0.329 e. The van der Waals surface area contributed by atoms with Crippen LogP contribution in [0.4, 0.5) is 5.69 Å². The number of sulfonamides is 1. The lowest BCUT2D eigenvalue weighted by molar-refractivity contribution is -0.917. The Kier molecular flexibility index (Phi) is 5.83. The maximum Gasteiger partial charge on any atom is 0.269 e. The third-order valence-electron chi connectivity index (χ3n) is 5.23. The van der Waals surface area contributed by atoms with Crippen molar-refractivity contribution in [1.82, 2.24) is 4.31 Å². The average Bonchev–Trinajstić information content (AvgIpc) is 2.61. The molecule has 0 spiro atoms. The van der Waals surface area contributed by atoms with Gasteiger partial charge in [0, 0.05) is 17.7 Å². The number of non-ortho nitro benzene ring substituents is 1. The second-order valence-corrected chi connectivity index (χ2v) is 9.36. The van der Waals surface area contributed by atoms with Gasteiger partial charge in [-0.1, -0.05) is 17.7 Å². The molecule has 8 heteroatoms. The highest BCUT2D eigenvalue weighted by Gasteiger charge is 2.32. The summed E-state index contributed by atoms with van der Waals surface area (Å²) >= 11 is 0. The molecular formula is C20H26N3O4S+. The first-order chi connectivity index (χ1) is 13.2. The lowest BCUT2D eigenvalue weighted by atomic mass is 10.1. The van der Waals surface area contributed by atoms with E-state index in [1.165, 1.54) is 17.0 Å². The molecule has 0 unspecified atom stereocenters. The van der Waals surface area contributed by atoms with Crippen molar-refractivity contribution in [3.8, 4) is 0 Å². The van der Waals surface area contributed by atoms with Crippen LogP contribution in [0.25, 0.3) is 0 Å². The van der Waals surface area contributed by atoms with Crippen LogP contribution in [0, 0.1) is 30.9 Å². The van der Waals surface area contributed by atoms with Crippen LogP contribution in [-0.4, -0.2) is 43.8 Å². The number of hydrogen-bond donors (Lipinski definition) is 1. The molecule has 150 valence electrons. The topological polar surface area (TPSA) is 85.0 Å². The van der Waals surface area contributed by atoms with E-state index < -0.39 is 14.9 Å². The van der Waals surface area contributed by atoms with Crippen molar-refractivity contribution in [1.29, 1.82) is 0 Å². The molecule has 0 bridgehead atoms. The van der Waals surface area contributed by atoms with Gasteiger partial charge in [0.15, 0.2) is 0 Å². The summed E-state index contributed by atoms with van der Waals surface area (Å²) in [5.41, 5.74) is 3.74. The summed E-state index contributed by atoms with van der Waals surface area (Å²) in [5, 5.41) is 10.8. The van der Waals surface area contributed by atoms with Crippen LogP contribution in [-0.2, 0) is 16.6 Å². The van der Waals surface area contributed by atoms with Gasteiger partial charge < -0.3 is 4.90 Å². The van der Waals surface area contributed by atoms with Gasteiger partial charge in [-0.2, -0.15) is 4.31 Å². The zero-order chi connectivity index (χ0) is 20.5. The Labute approximate surface area is 165 Å². The summed E-state index contributed by atoms with van der Waals surface area (Å²) in [7, 11) is -3.51. The summed E-state index contributed by atoms with van der Waals surface area (Å²) in [6.07, 6.45) is 0. The van der Waals surface area contributed by atoms with E-state index in [0.717, 1.165) is 28.8 Å². The van der Waals surface area contributed by atoms with Crippen molar-refractivity contribution < 1.29 is 18.2 Å². The fourth-order valence-electron chi connectivity index (χ4n) is 3.95. The maximum atomic E-state index is 13.2. The molecule has 2 aromatic carbocycles. The fraction of sp³-hybridized carbons (Fsp3) is 0.400. The van der Waals surface area contributed by atoms with Crippen molar-refractivity contribution in [3.05, 3.63) is 68.8 Å². The Hall–Kier alpha value is -2.29. The van der Waals surface area contributed by atoms with E-state index in [-0.39, 0.29) is 5.69 Å². The fourth-order valence-corrected chi connectivity index (χ4v) is 5.80. The van der Waals surface area contributed by atoms with Gasteiger partial charge in [-0.05, 0) is 44.0 Å². The predicted molar refractivity (Wildman–Crippen MR) is 107 cm³/mol. The van der Waals surface area contributed by atoms with Crippen molar-refractivity contribution in [3.63, 3.8) is 0 Å². The second kappa shape index (κ2) is 7.98. The molecule has 1 aliphatic rings. The van der Waals surface area contributed by atoms with Gasteiger partial charge in [0.1, 0.15) is 6.54 Å². The first kappa shape index (κ1) is 20.4. The van der Waals surface area contributed by atoms with Gasteiger partial charge in [-0.3, -0.25) is 10.1 Å². The smallest absolute Gasteiger partial charge is 0.269 e. The average molecular weight is 405 g/mol. The molecule has 0 atom stereocenters. The molecule has 1 heterocycles. The minimum absolute atomic E-state index is 0.0819. The highest BCUT2D eigenvalue weighted by atomic mass is 32.2. The molecule has 0 saturated carbocycles. The van der Waals surface area contributed by atoms with Crippen molar-refractivity contribution in [2.75, 3.05) is 26.2 Å². The number of quaternary nitrogens is 1. The second-order valence-electron chi connectivity index (χ2n) is 7.48. The van der Waals surface area contributed by atoms with Crippen LogP contribution in [0.1, 0.15) is 22.3 Å². The first-order valence-electron chi connectivity index (χ1n) is 9.33. The van der Waals surface area contributed by atoms with Gasteiger partial charge in [0.25, 0.3) is 5.69 Å².